The average Bonchev–Trinajstić information content (AvgIpc) is 3.25. The van der Waals surface area contributed by atoms with E-state index in [4.69, 9.17) is 4.74 Å². The van der Waals surface area contributed by atoms with Gasteiger partial charge in [0.25, 0.3) is 0 Å². The predicted molar refractivity (Wildman–Crippen MR) is 114 cm³/mol. The van der Waals surface area contributed by atoms with Gasteiger partial charge in [0, 0.05) is 29.8 Å². The zero-order valence-corrected chi connectivity index (χ0v) is 17.8. The van der Waals surface area contributed by atoms with Gasteiger partial charge in [-0.15, -0.1) is 23.7 Å². The number of aryl methyl sites for hydroxylation is 1. The van der Waals surface area contributed by atoms with Gasteiger partial charge in [-0.05, 0) is 45.2 Å². The van der Waals surface area contributed by atoms with Crippen molar-refractivity contribution in [3.05, 3.63) is 47.6 Å². The number of hydrogen-bond donors (Lipinski definition) is 2. The van der Waals surface area contributed by atoms with Crippen LogP contribution >= 0.6 is 23.7 Å². The summed E-state index contributed by atoms with van der Waals surface area (Å²) in [5.74, 6) is 0.651. The summed E-state index contributed by atoms with van der Waals surface area (Å²) in [7, 11) is 3.56. The van der Waals surface area contributed by atoms with Gasteiger partial charge in [0.2, 0.25) is 5.91 Å². The zero-order chi connectivity index (χ0) is 19.4. The Morgan fingerprint density at radius 2 is 1.96 bits per heavy atom. The highest BCUT2D eigenvalue weighted by molar-refractivity contribution is 7.14. The average molecular weight is 422 g/mol. The molecule has 0 aliphatic rings. The fourth-order valence-electron chi connectivity index (χ4n) is 2.66. The summed E-state index contributed by atoms with van der Waals surface area (Å²) in [6.07, 6.45) is 3.63. The minimum absolute atomic E-state index is 0. The van der Waals surface area contributed by atoms with Crippen LogP contribution in [-0.4, -0.2) is 33.8 Å². The molecule has 9 heteroatoms. The maximum atomic E-state index is 12.6. The summed E-state index contributed by atoms with van der Waals surface area (Å²) in [6.45, 7) is 3.99. The Morgan fingerprint density at radius 1 is 1.25 bits per heavy atom. The third-order valence-corrected chi connectivity index (χ3v) is 4.62. The molecule has 150 valence electrons. The van der Waals surface area contributed by atoms with E-state index in [0.717, 1.165) is 22.6 Å². The molecule has 1 atom stereocenters. The van der Waals surface area contributed by atoms with Crippen molar-refractivity contribution in [1.29, 1.82) is 0 Å². The van der Waals surface area contributed by atoms with E-state index in [-0.39, 0.29) is 24.4 Å². The first-order valence-corrected chi connectivity index (χ1v) is 9.53. The first-order valence-electron chi connectivity index (χ1n) is 8.65. The van der Waals surface area contributed by atoms with Crippen LogP contribution in [0, 0.1) is 0 Å². The van der Waals surface area contributed by atoms with Gasteiger partial charge in [0.15, 0.2) is 5.13 Å². The van der Waals surface area contributed by atoms with Crippen LogP contribution in [0.3, 0.4) is 0 Å². The SMILES string of the molecule is CNC(C(=O)Nc1nc(-c2ccc(OC(C)C)cc2)cs1)c1cnn(C)c1.Cl. The molecule has 0 aliphatic carbocycles. The largest absolute Gasteiger partial charge is 0.491 e. The first kappa shape index (κ1) is 21.9. The molecule has 0 aliphatic heterocycles. The Morgan fingerprint density at radius 3 is 2.54 bits per heavy atom. The number of amides is 1. The highest BCUT2D eigenvalue weighted by Crippen LogP contribution is 2.27. The van der Waals surface area contributed by atoms with Crippen molar-refractivity contribution in [2.75, 3.05) is 12.4 Å². The van der Waals surface area contributed by atoms with Crippen molar-refractivity contribution in [2.45, 2.75) is 26.0 Å². The Balaban J connectivity index is 0.00000280. The molecule has 2 aromatic heterocycles. The fraction of sp³-hybridized carbons (Fsp3) is 0.316. The number of thiazole rings is 1. The van der Waals surface area contributed by atoms with Gasteiger partial charge in [-0.2, -0.15) is 5.10 Å². The van der Waals surface area contributed by atoms with E-state index >= 15 is 0 Å². The third-order valence-electron chi connectivity index (χ3n) is 3.87. The van der Waals surface area contributed by atoms with Gasteiger partial charge in [-0.3, -0.25) is 9.48 Å². The lowest BCUT2D eigenvalue weighted by Crippen LogP contribution is -2.30. The van der Waals surface area contributed by atoms with Crippen LogP contribution in [0.4, 0.5) is 5.13 Å². The summed E-state index contributed by atoms with van der Waals surface area (Å²) >= 11 is 1.39. The lowest BCUT2D eigenvalue weighted by atomic mass is 10.1. The van der Waals surface area contributed by atoms with E-state index in [0.29, 0.717) is 5.13 Å². The molecule has 7 nitrogen and oxygen atoms in total. The Labute approximate surface area is 174 Å². The van der Waals surface area contributed by atoms with Crippen molar-refractivity contribution >= 4 is 34.8 Å². The molecule has 3 aromatic rings. The van der Waals surface area contributed by atoms with E-state index in [1.165, 1.54) is 11.3 Å². The molecule has 0 spiro atoms. The molecule has 2 N–H and O–H groups in total. The molecular formula is C19H24ClN5O2S. The number of benzene rings is 1. The Hall–Kier alpha value is -2.42. The van der Waals surface area contributed by atoms with Gasteiger partial charge in [0.1, 0.15) is 11.8 Å². The van der Waals surface area contributed by atoms with Crippen LogP contribution in [0.15, 0.2) is 42.0 Å². The van der Waals surface area contributed by atoms with Gasteiger partial charge in [0.05, 0.1) is 18.0 Å². The zero-order valence-electron chi connectivity index (χ0n) is 16.2. The second kappa shape index (κ2) is 9.68. The van der Waals surface area contributed by atoms with Gasteiger partial charge in [-0.1, -0.05) is 0 Å². The predicted octanol–water partition coefficient (Wildman–Crippen LogP) is 3.65. The molecule has 2 heterocycles. The molecular weight excluding hydrogens is 398 g/mol. The van der Waals surface area contributed by atoms with Crippen LogP contribution in [0.1, 0.15) is 25.5 Å². The van der Waals surface area contributed by atoms with Crippen molar-refractivity contribution in [3.63, 3.8) is 0 Å². The number of carbonyl (C=O) groups is 1. The van der Waals surface area contributed by atoms with Gasteiger partial charge < -0.3 is 15.4 Å². The Bertz CT molecular complexity index is 907. The first-order chi connectivity index (χ1) is 13.0. The number of likely N-dealkylation sites (N-methyl/N-ethyl adjacent to an activating group) is 1. The summed E-state index contributed by atoms with van der Waals surface area (Å²) in [6, 6.07) is 7.28. The normalized spacial score (nSPS) is 11.8. The standard InChI is InChI=1S/C19H23N5O2S.ClH/c1-12(2)26-15-7-5-13(6-8-15)16-11-27-19(22-16)23-18(25)17(20-3)14-9-21-24(4)10-14;/h5-12,17,20H,1-4H3,(H,22,23,25);1H. The van der Waals surface area contributed by atoms with Crippen LogP contribution in [0.25, 0.3) is 11.3 Å². The van der Waals surface area contributed by atoms with E-state index in [1.54, 1.807) is 17.9 Å². The molecule has 3 rings (SSSR count). The monoisotopic (exact) mass is 421 g/mol. The molecule has 1 aromatic carbocycles. The van der Waals surface area contributed by atoms with E-state index in [9.17, 15) is 4.79 Å². The fourth-order valence-corrected chi connectivity index (χ4v) is 3.38. The smallest absolute Gasteiger partial charge is 0.247 e. The number of hydrogen-bond acceptors (Lipinski definition) is 6. The second-order valence-electron chi connectivity index (χ2n) is 6.39. The minimum atomic E-state index is -0.487. The van der Waals surface area contributed by atoms with E-state index < -0.39 is 6.04 Å². The lowest BCUT2D eigenvalue weighted by molar-refractivity contribution is -0.118. The molecule has 1 unspecified atom stereocenters. The lowest BCUT2D eigenvalue weighted by Gasteiger charge is -2.13. The number of anilines is 1. The van der Waals surface area contributed by atoms with Crippen molar-refractivity contribution in [1.82, 2.24) is 20.1 Å². The maximum absolute atomic E-state index is 12.6. The molecule has 0 radical (unpaired) electrons. The summed E-state index contributed by atoms with van der Waals surface area (Å²) in [5, 5.41) is 12.5. The number of rotatable bonds is 7. The van der Waals surface area contributed by atoms with Gasteiger partial charge >= 0.3 is 0 Å². The van der Waals surface area contributed by atoms with Crippen molar-refractivity contribution in [3.8, 4) is 17.0 Å². The van der Waals surface area contributed by atoms with Crippen LogP contribution < -0.4 is 15.4 Å². The topological polar surface area (TPSA) is 81.1 Å². The number of carbonyl (C=O) groups excluding carboxylic acids is 1. The minimum Gasteiger partial charge on any atom is -0.491 e. The molecule has 28 heavy (non-hydrogen) atoms. The molecule has 0 saturated heterocycles. The summed E-state index contributed by atoms with van der Waals surface area (Å²) < 4.78 is 7.32. The number of aromatic nitrogens is 3. The van der Waals surface area contributed by atoms with Crippen molar-refractivity contribution in [2.24, 2.45) is 7.05 Å². The van der Waals surface area contributed by atoms with Crippen LogP contribution in [0.2, 0.25) is 0 Å². The number of nitrogens with one attached hydrogen (secondary N) is 2. The van der Waals surface area contributed by atoms with Crippen LogP contribution in [-0.2, 0) is 11.8 Å². The highest BCUT2D eigenvalue weighted by Gasteiger charge is 2.21. The number of ether oxygens (including phenoxy) is 1. The van der Waals surface area contributed by atoms with Gasteiger partial charge in [-0.25, -0.2) is 4.98 Å². The summed E-state index contributed by atoms with van der Waals surface area (Å²) in [5.41, 5.74) is 2.59. The summed E-state index contributed by atoms with van der Waals surface area (Å²) in [4.78, 5) is 17.1. The Kier molecular flexibility index (Phi) is 7.56. The molecule has 1 amide bonds. The van der Waals surface area contributed by atoms with E-state index in [1.807, 2.05) is 56.7 Å². The molecule has 0 fully saturated rings. The highest BCUT2D eigenvalue weighted by atomic mass is 35.5. The quantitative estimate of drug-likeness (QED) is 0.608. The maximum Gasteiger partial charge on any atom is 0.247 e. The van der Waals surface area contributed by atoms with Crippen LogP contribution in [0.5, 0.6) is 5.75 Å². The number of halogens is 1. The molecule has 0 saturated carbocycles. The van der Waals surface area contributed by atoms with E-state index in [2.05, 4.69) is 20.7 Å². The molecule has 0 bridgehead atoms. The number of nitrogens with zero attached hydrogens (tertiary/aromatic N) is 3. The second-order valence-corrected chi connectivity index (χ2v) is 7.25. The van der Waals surface area contributed by atoms with Crippen molar-refractivity contribution < 1.29 is 9.53 Å². The third kappa shape index (κ3) is 5.31.